The standard InChI is InChI=1S/C16H17N5O/c1-12(19-16(22)15-4-3-9-20(15)2)13-5-7-14(8-6-13)21-11-17-10-18-21/h3-12H,1-2H3,(H,19,22). The number of rotatable bonds is 4. The van der Waals surface area contributed by atoms with Gasteiger partial charge in [-0.25, -0.2) is 9.67 Å². The number of nitrogens with zero attached hydrogens (tertiary/aromatic N) is 4. The summed E-state index contributed by atoms with van der Waals surface area (Å²) in [6.45, 7) is 1.96. The number of aromatic nitrogens is 4. The molecule has 1 atom stereocenters. The van der Waals surface area contributed by atoms with Crippen LogP contribution in [0.15, 0.2) is 55.2 Å². The van der Waals surface area contributed by atoms with E-state index in [-0.39, 0.29) is 11.9 Å². The van der Waals surface area contributed by atoms with Crippen LogP contribution in [0.2, 0.25) is 0 Å². The van der Waals surface area contributed by atoms with Gasteiger partial charge in [-0.05, 0) is 36.8 Å². The van der Waals surface area contributed by atoms with Crippen molar-refractivity contribution < 1.29 is 4.79 Å². The highest BCUT2D eigenvalue weighted by Gasteiger charge is 2.13. The van der Waals surface area contributed by atoms with Crippen LogP contribution in [0.1, 0.15) is 29.0 Å². The lowest BCUT2D eigenvalue weighted by Gasteiger charge is -2.15. The first-order valence-electron chi connectivity index (χ1n) is 7.02. The monoisotopic (exact) mass is 295 g/mol. The topological polar surface area (TPSA) is 64.7 Å². The lowest BCUT2D eigenvalue weighted by atomic mass is 10.1. The first kappa shape index (κ1) is 14.1. The van der Waals surface area contributed by atoms with Crippen molar-refractivity contribution in [3.05, 3.63) is 66.5 Å². The molecule has 0 aliphatic carbocycles. The number of hydrogen-bond donors (Lipinski definition) is 1. The average Bonchev–Trinajstić information content (AvgIpc) is 3.18. The van der Waals surface area contributed by atoms with Crippen molar-refractivity contribution in [2.75, 3.05) is 0 Å². The Bertz CT molecular complexity index is 758. The van der Waals surface area contributed by atoms with E-state index in [2.05, 4.69) is 15.4 Å². The number of carbonyl (C=O) groups excluding carboxylic acids is 1. The Labute approximate surface area is 128 Å². The maximum Gasteiger partial charge on any atom is 0.268 e. The lowest BCUT2D eigenvalue weighted by molar-refractivity contribution is 0.0931. The van der Waals surface area contributed by atoms with E-state index in [1.165, 1.54) is 6.33 Å². The predicted octanol–water partition coefficient (Wildman–Crippen LogP) is 2.10. The summed E-state index contributed by atoms with van der Waals surface area (Å²) < 4.78 is 3.49. The van der Waals surface area contributed by atoms with Gasteiger partial charge in [0.25, 0.3) is 5.91 Å². The van der Waals surface area contributed by atoms with Gasteiger partial charge < -0.3 is 9.88 Å². The number of carbonyl (C=O) groups is 1. The molecule has 0 fully saturated rings. The highest BCUT2D eigenvalue weighted by Crippen LogP contribution is 2.16. The molecule has 0 aliphatic heterocycles. The molecule has 1 amide bonds. The maximum absolute atomic E-state index is 12.2. The molecule has 3 rings (SSSR count). The molecule has 6 nitrogen and oxygen atoms in total. The van der Waals surface area contributed by atoms with Gasteiger partial charge in [-0.1, -0.05) is 12.1 Å². The number of hydrogen-bond acceptors (Lipinski definition) is 3. The van der Waals surface area contributed by atoms with Crippen LogP contribution in [0.5, 0.6) is 0 Å². The minimum Gasteiger partial charge on any atom is -0.347 e. The first-order valence-corrected chi connectivity index (χ1v) is 7.02. The molecule has 0 spiro atoms. The largest absolute Gasteiger partial charge is 0.347 e. The number of amides is 1. The van der Waals surface area contributed by atoms with E-state index in [9.17, 15) is 4.79 Å². The summed E-state index contributed by atoms with van der Waals surface area (Å²) in [5, 5.41) is 7.08. The number of nitrogens with one attached hydrogen (secondary N) is 1. The Morgan fingerprint density at radius 3 is 2.59 bits per heavy atom. The zero-order valence-corrected chi connectivity index (χ0v) is 12.5. The molecule has 1 unspecified atom stereocenters. The summed E-state index contributed by atoms with van der Waals surface area (Å²) in [7, 11) is 1.85. The zero-order chi connectivity index (χ0) is 15.5. The second-order valence-electron chi connectivity index (χ2n) is 5.13. The van der Waals surface area contributed by atoms with E-state index in [4.69, 9.17) is 0 Å². The third-order valence-corrected chi connectivity index (χ3v) is 3.60. The normalized spacial score (nSPS) is 12.1. The fourth-order valence-electron chi connectivity index (χ4n) is 2.31. The smallest absolute Gasteiger partial charge is 0.268 e. The van der Waals surface area contributed by atoms with Gasteiger partial charge in [-0.3, -0.25) is 4.79 Å². The molecule has 1 aromatic carbocycles. The highest BCUT2D eigenvalue weighted by atomic mass is 16.2. The van der Waals surface area contributed by atoms with Crippen LogP contribution in [0.3, 0.4) is 0 Å². The Hall–Kier alpha value is -2.89. The minimum absolute atomic E-state index is 0.0767. The predicted molar refractivity (Wildman–Crippen MR) is 82.7 cm³/mol. The molecule has 2 heterocycles. The van der Waals surface area contributed by atoms with Crippen LogP contribution in [0.4, 0.5) is 0 Å². The third-order valence-electron chi connectivity index (χ3n) is 3.60. The molecule has 1 N–H and O–H groups in total. The number of aryl methyl sites for hydroxylation is 1. The highest BCUT2D eigenvalue weighted by molar-refractivity contribution is 5.92. The third kappa shape index (κ3) is 2.76. The van der Waals surface area contributed by atoms with Crippen LogP contribution in [-0.2, 0) is 7.05 Å². The Morgan fingerprint density at radius 2 is 2.00 bits per heavy atom. The van der Waals surface area contributed by atoms with E-state index in [1.54, 1.807) is 21.6 Å². The molecule has 0 saturated heterocycles. The van der Waals surface area contributed by atoms with Crippen LogP contribution in [-0.4, -0.2) is 25.2 Å². The molecule has 112 valence electrons. The van der Waals surface area contributed by atoms with Gasteiger partial charge in [-0.15, -0.1) is 0 Å². The second kappa shape index (κ2) is 5.85. The maximum atomic E-state index is 12.2. The molecule has 0 bridgehead atoms. The summed E-state index contributed by atoms with van der Waals surface area (Å²) in [5.74, 6) is -0.0830. The molecule has 0 radical (unpaired) electrons. The summed E-state index contributed by atoms with van der Waals surface area (Å²) in [6, 6.07) is 11.4. The van der Waals surface area contributed by atoms with Gasteiger partial charge in [-0.2, -0.15) is 5.10 Å². The van der Waals surface area contributed by atoms with E-state index in [0.717, 1.165) is 11.3 Å². The molecular formula is C16H17N5O. The van der Waals surface area contributed by atoms with Gasteiger partial charge in [0.2, 0.25) is 0 Å². The van der Waals surface area contributed by atoms with E-state index >= 15 is 0 Å². The van der Waals surface area contributed by atoms with Crippen LogP contribution >= 0.6 is 0 Å². The first-order chi connectivity index (χ1) is 10.6. The van der Waals surface area contributed by atoms with Gasteiger partial charge in [0.05, 0.1) is 11.7 Å². The van der Waals surface area contributed by atoms with Crippen molar-refractivity contribution in [1.29, 1.82) is 0 Å². The Balaban J connectivity index is 1.71. The Kier molecular flexibility index (Phi) is 3.74. The van der Waals surface area contributed by atoms with Crippen molar-refractivity contribution in [1.82, 2.24) is 24.6 Å². The quantitative estimate of drug-likeness (QED) is 0.801. The molecule has 6 heteroatoms. The molecule has 0 aliphatic rings. The Morgan fingerprint density at radius 1 is 1.23 bits per heavy atom. The fraction of sp³-hybridized carbons (Fsp3) is 0.188. The number of benzene rings is 1. The van der Waals surface area contributed by atoms with Crippen LogP contribution in [0.25, 0.3) is 5.69 Å². The molecule has 2 aromatic heterocycles. The zero-order valence-electron chi connectivity index (χ0n) is 12.5. The lowest BCUT2D eigenvalue weighted by Crippen LogP contribution is -2.28. The van der Waals surface area contributed by atoms with Crippen molar-refractivity contribution in [3.8, 4) is 5.69 Å². The van der Waals surface area contributed by atoms with Gasteiger partial charge in [0, 0.05) is 13.2 Å². The average molecular weight is 295 g/mol. The van der Waals surface area contributed by atoms with Gasteiger partial charge in [0.1, 0.15) is 18.3 Å². The van der Waals surface area contributed by atoms with Crippen molar-refractivity contribution >= 4 is 5.91 Å². The summed E-state index contributed by atoms with van der Waals surface area (Å²) >= 11 is 0. The second-order valence-corrected chi connectivity index (χ2v) is 5.13. The van der Waals surface area contributed by atoms with Crippen molar-refractivity contribution in [2.24, 2.45) is 7.05 Å². The van der Waals surface area contributed by atoms with Crippen molar-refractivity contribution in [3.63, 3.8) is 0 Å². The fourth-order valence-corrected chi connectivity index (χ4v) is 2.31. The van der Waals surface area contributed by atoms with Crippen LogP contribution < -0.4 is 5.32 Å². The summed E-state index contributed by atoms with van der Waals surface area (Å²) in [5.41, 5.74) is 2.61. The van der Waals surface area contributed by atoms with Gasteiger partial charge in [0.15, 0.2) is 0 Å². The molecule has 3 aromatic rings. The van der Waals surface area contributed by atoms with E-state index < -0.39 is 0 Å². The summed E-state index contributed by atoms with van der Waals surface area (Å²) in [4.78, 5) is 16.1. The summed E-state index contributed by atoms with van der Waals surface area (Å²) in [6.07, 6.45) is 5.00. The SMILES string of the molecule is CC(NC(=O)c1cccn1C)c1ccc(-n2cncn2)cc1. The molecule has 22 heavy (non-hydrogen) atoms. The molecular weight excluding hydrogens is 278 g/mol. The van der Waals surface area contributed by atoms with Crippen LogP contribution in [0, 0.1) is 0 Å². The van der Waals surface area contributed by atoms with E-state index in [0.29, 0.717) is 5.69 Å². The minimum atomic E-state index is -0.0830. The molecule has 0 saturated carbocycles. The van der Waals surface area contributed by atoms with Crippen molar-refractivity contribution in [2.45, 2.75) is 13.0 Å². The van der Waals surface area contributed by atoms with E-state index in [1.807, 2.05) is 50.5 Å². The van der Waals surface area contributed by atoms with Gasteiger partial charge >= 0.3 is 0 Å².